The molecule has 1 aromatic rings. The summed E-state index contributed by atoms with van der Waals surface area (Å²) in [5.41, 5.74) is -0.484. The van der Waals surface area contributed by atoms with Crippen LogP contribution in [0.1, 0.15) is 27.2 Å². The van der Waals surface area contributed by atoms with E-state index >= 15 is 0 Å². The fourth-order valence-corrected chi connectivity index (χ4v) is 2.30. The topological polar surface area (TPSA) is 75.4 Å². The Morgan fingerprint density at radius 1 is 1.47 bits per heavy atom. The number of aliphatic carboxylic acids is 1. The van der Waals surface area contributed by atoms with Crippen LogP contribution in [-0.4, -0.2) is 33.7 Å². The Morgan fingerprint density at radius 2 is 2.16 bits per heavy atom. The summed E-state index contributed by atoms with van der Waals surface area (Å²) in [5.74, 6) is -0.875. The number of rotatable bonds is 2. The van der Waals surface area contributed by atoms with E-state index in [2.05, 4.69) is 4.98 Å². The third kappa shape index (κ3) is 2.62. The van der Waals surface area contributed by atoms with Crippen molar-refractivity contribution in [3.63, 3.8) is 0 Å². The van der Waals surface area contributed by atoms with Crippen molar-refractivity contribution in [1.29, 1.82) is 0 Å². The van der Waals surface area contributed by atoms with Crippen molar-refractivity contribution in [2.45, 2.75) is 32.7 Å². The lowest BCUT2D eigenvalue weighted by atomic mass is 10.1. The first kappa shape index (κ1) is 13.6. The molecular formula is C13H19N3O3. The number of carboxylic acid groups (broad SMARTS) is 1. The van der Waals surface area contributed by atoms with Crippen LogP contribution in [0.5, 0.6) is 0 Å². The van der Waals surface area contributed by atoms with E-state index in [9.17, 15) is 9.59 Å². The summed E-state index contributed by atoms with van der Waals surface area (Å²) in [4.78, 5) is 29.2. The normalized spacial score (nSPS) is 19.7. The van der Waals surface area contributed by atoms with Crippen LogP contribution in [0.15, 0.2) is 17.2 Å². The lowest BCUT2D eigenvalue weighted by Gasteiger charge is -2.24. The third-order valence-electron chi connectivity index (χ3n) is 3.38. The molecule has 0 spiro atoms. The van der Waals surface area contributed by atoms with Gasteiger partial charge in [-0.15, -0.1) is 0 Å². The van der Waals surface area contributed by atoms with Gasteiger partial charge in [-0.1, -0.05) is 0 Å². The average Bonchev–Trinajstić information content (AvgIpc) is 2.77. The molecule has 1 aliphatic rings. The smallest absolute Gasteiger partial charge is 0.308 e. The number of hydrogen-bond donors (Lipinski definition) is 1. The maximum Gasteiger partial charge on any atom is 0.308 e. The Labute approximate surface area is 111 Å². The van der Waals surface area contributed by atoms with E-state index in [1.807, 2.05) is 20.8 Å². The maximum atomic E-state index is 12.4. The summed E-state index contributed by atoms with van der Waals surface area (Å²) in [7, 11) is 0. The first-order chi connectivity index (χ1) is 8.80. The van der Waals surface area contributed by atoms with Crippen LogP contribution >= 0.6 is 0 Å². The van der Waals surface area contributed by atoms with E-state index < -0.39 is 11.9 Å². The summed E-state index contributed by atoms with van der Waals surface area (Å²) in [5, 5.41) is 9.00. The van der Waals surface area contributed by atoms with E-state index in [1.54, 1.807) is 21.9 Å². The molecule has 0 aromatic carbocycles. The molecule has 1 saturated heterocycles. The van der Waals surface area contributed by atoms with Crippen molar-refractivity contribution in [3.05, 3.63) is 22.7 Å². The molecule has 0 aliphatic carbocycles. The van der Waals surface area contributed by atoms with E-state index in [0.717, 1.165) is 0 Å². The van der Waals surface area contributed by atoms with Crippen LogP contribution in [0.3, 0.4) is 0 Å². The lowest BCUT2D eigenvalue weighted by molar-refractivity contribution is -0.140. The van der Waals surface area contributed by atoms with Crippen LogP contribution in [0.25, 0.3) is 0 Å². The standard InChI is InChI=1S/C13H19N3O3/c1-13(2,3)16-7-5-14-10(11(16)17)15-6-4-9(8-15)12(18)19/h5,7,9H,4,6,8H2,1-3H3,(H,18,19). The molecule has 1 N–H and O–H groups in total. The van der Waals surface area contributed by atoms with E-state index in [4.69, 9.17) is 5.11 Å². The SMILES string of the molecule is CC(C)(C)n1ccnc(N2CCC(C(=O)O)C2)c1=O. The molecule has 19 heavy (non-hydrogen) atoms. The van der Waals surface area contributed by atoms with Gasteiger partial charge in [0.1, 0.15) is 0 Å². The fourth-order valence-electron chi connectivity index (χ4n) is 2.30. The summed E-state index contributed by atoms with van der Waals surface area (Å²) in [6.45, 7) is 6.76. The average molecular weight is 265 g/mol. The monoisotopic (exact) mass is 265 g/mol. The number of anilines is 1. The predicted molar refractivity (Wildman–Crippen MR) is 71.4 cm³/mol. The van der Waals surface area contributed by atoms with E-state index in [-0.39, 0.29) is 11.1 Å². The molecule has 6 nitrogen and oxygen atoms in total. The highest BCUT2D eigenvalue weighted by molar-refractivity contribution is 5.71. The molecule has 0 amide bonds. The number of carboxylic acids is 1. The van der Waals surface area contributed by atoms with Gasteiger partial charge in [0, 0.05) is 31.0 Å². The molecule has 1 atom stereocenters. The Morgan fingerprint density at radius 3 is 2.68 bits per heavy atom. The largest absolute Gasteiger partial charge is 0.481 e. The molecule has 1 aliphatic heterocycles. The zero-order valence-electron chi connectivity index (χ0n) is 11.5. The van der Waals surface area contributed by atoms with Crippen molar-refractivity contribution >= 4 is 11.8 Å². The van der Waals surface area contributed by atoms with Gasteiger partial charge in [-0.25, -0.2) is 4.98 Å². The van der Waals surface area contributed by atoms with Gasteiger partial charge in [-0.3, -0.25) is 9.59 Å². The highest BCUT2D eigenvalue weighted by Gasteiger charge is 2.30. The molecule has 1 fully saturated rings. The first-order valence-corrected chi connectivity index (χ1v) is 6.36. The highest BCUT2D eigenvalue weighted by atomic mass is 16.4. The molecule has 0 bridgehead atoms. The van der Waals surface area contributed by atoms with E-state index in [1.165, 1.54) is 0 Å². The van der Waals surface area contributed by atoms with Gasteiger partial charge in [0.15, 0.2) is 5.82 Å². The molecule has 1 unspecified atom stereocenters. The van der Waals surface area contributed by atoms with Crippen LogP contribution in [0.4, 0.5) is 5.82 Å². The minimum atomic E-state index is -0.811. The van der Waals surface area contributed by atoms with Crippen LogP contribution < -0.4 is 10.5 Å². The van der Waals surface area contributed by atoms with Gasteiger partial charge in [0.2, 0.25) is 0 Å². The first-order valence-electron chi connectivity index (χ1n) is 6.36. The van der Waals surface area contributed by atoms with Crippen LogP contribution in [0, 0.1) is 5.92 Å². The van der Waals surface area contributed by atoms with Crippen molar-refractivity contribution in [1.82, 2.24) is 9.55 Å². The van der Waals surface area contributed by atoms with E-state index in [0.29, 0.717) is 25.3 Å². The maximum absolute atomic E-state index is 12.4. The van der Waals surface area contributed by atoms with Crippen LogP contribution in [-0.2, 0) is 10.3 Å². The third-order valence-corrected chi connectivity index (χ3v) is 3.38. The van der Waals surface area contributed by atoms with Gasteiger partial charge in [0.05, 0.1) is 5.92 Å². The van der Waals surface area contributed by atoms with Gasteiger partial charge in [0.25, 0.3) is 5.56 Å². The second kappa shape index (κ2) is 4.68. The Kier molecular flexibility index (Phi) is 3.34. The summed E-state index contributed by atoms with van der Waals surface area (Å²) in [6.07, 6.45) is 3.81. The summed E-state index contributed by atoms with van der Waals surface area (Å²) >= 11 is 0. The Hall–Kier alpha value is -1.85. The molecule has 0 saturated carbocycles. The highest BCUT2D eigenvalue weighted by Crippen LogP contribution is 2.20. The Balaban J connectivity index is 2.33. The second-order valence-corrected chi connectivity index (χ2v) is 5.87. The van der Waals surface area contributed by atoms with Gasteiger partial charge < -0.3 is 14.6 Å². The molecule has 2 rings (SSSR count). The lowest BCUT2D eigenvalue weighted by Crippen LogP contribution is -2.38. The minimum absolute atomic E-state index is 0.166. The molecule has 1 aromatic heterocycles. The number of hydrogen-bond acceptors (Lipinski definition) is 4. The van der Waals surface area contributed by atoms with Crippen molar-refractivity contribution in [2.75, 3.05) is 18.0 Å². The predicted octanol–water partition coefficient (Wildman–Crippen LogP) is 0.909. The number of aromatic nitrogens is 2. The number of carbonyl (C=O) groups is 1. The fraction of sp³-hybridized carbons (Fsp3) is 0.615. The quantitative estimate of drug-likeness (QED) is 0.860. The molecular weight excluding hydrogens is 246 g/mol. The Bertz CT molecular complexity index is 545. The molecule has 0 radical (unpaired) electrons. The summed E-state index contributed by atoms with van der Waals surface area (Å²) < 4.78 is 1.63. The molecule has 6 heteroatoms. The zero-order chi connectivity index (χ0) is 14.2. The van der Waals surface area contributed by atoms with Gasteiger partial charge >= 0.3 is 5.97 Å². The zero-order valence-corrected chi connectivity index (χ0v) is 11.5. The minimum Gasteiger partial charge on any atom is -0.481 e. The van der Waals surface area contributed by atoms with Crippen molar-refractivity contribution in [2.24, 2.45) is 5.92 Å². The van der Waals surface area contributed by atoms with Crippen molar-refractivity contribution in [3.8, 4) is 0 Å². The van der Waals surface area contributed by atoms with Gasteiger partial charge in [-0.2, -0.15) is 0 Å². The second-order valence-electron chi connectivity index (χ2n) is 5.87. The molecule has 104 valence electrons. The van der Waals surface area contributed by atoms with Crippen molar-refractivity contribution < 1.29 is 9.90 Å². The van der Waals surface area contributed by atoms with Crippen LogP contribution in [0.2, 0.25) is 0 Å². The summed E-state index contributed by atoms with van der Waals surface area (Å²) in [6, 6.07) is 0. The number of nitrogens with zero attached hydrogens (tertiary/aromatic N) is 3. The van der Waals surface area contributed by atoms with Gasteiger partial charge in [-0.05, 0) is 27.2 Å². The molecule has 2 heterocycles.